The van der Waals surface area contributed by atoms with Crippen molar-refractivity contribution < 1.29 is 23.8 Å². The van der Waals surface area contributed by atoms with Gasteiger partial charge in [-0.15, -0.1) is 0 Å². The van der Waals surface area contributed by atoms with Crippen molar-refractivity contribution in [1.82, 2.24) is 5.32 Å². The van der Waals surface area contributed by atoms with Gasteiger partial charge in [0.15, 0.2) is 11.5 Å². The summed E-state index contributed by atoms with van der Waals surface area (Å²) in [4.78, 5) is 26.2. The third-order valence-corrected chi connectivity index (χ3v) is 5.49. The Labute approximate surface area is 207 Å². The molecule has 2 amide bonds. The van der Waals surface area contributed by atoms with Crippen LogP contribution in [0.25, 0.3) is 6.08 Å². The van der Waals surface area contributed by atoms with E-state index in [0.717, 1.165) is 0 Å². The minimum atomic E-state index is -0.571. The molecule has 0 heterocycles. The smallest absolute Gasteiger partial charge is 0.272 e. The van der Waals surface area contributed by atoms with Gasteiger partial charge in [0.2, 0.25) is 0 Å². The van der Waals surface area contributed by atoms with Crippen LogP contribution in [0.2, 0.25) is 10.0 Å². The Morgan fingerprint density at radius 1 is 0.794 bits per heavy atom. The van der Waals surface area contributed by atoms with Gasteiger partial charge in [-0.1, -0.05) is 41.4 Å². The van der Waals surface area contributed by atoms with Crippen molar-refractivity contribution in [1.29, 1.82) is 0 Å². The van der Waals surface area contributed by atoms with E-state index in [1.54, 1.807) is 48.5 Å². The molecule has 3 aromatic rings. The zero-order valence-corrected chi connectivity index (χ0v) is 20.2. The number of ether oxygens (including phenoxy) is 3. The van der Waals surface area contributed by atoms with E-state index >= 15 is 0 Å². The Kier molecular flexibility index (Phi) is 8.40. The fourth-order valence-electron chi connectivity index (χ4n) is 3.04. The van der Waals surface area contributed by atoms with Crippen molar-refractivity contribution in [3.63, 3.8) is 0 Å². The van der Waals surface area contributed by atoms with Crippen LogP contribution in [0.1, 0.15) is 15.9 Å². The summed E-state index contributed by atoms with van der Waals surface area (Å²) in [6.45, 7) is 0. The number of amides is 2. The van der Waals surface area contributed by atoms with Gasteiger partial charge in [0, 0.05) is 16.8 Å². The minimum Gasteiger partial charge on any atom is -0.496 e. The third-order valence-electron chi connectivity index (χ3n) is 4.75. The highest BCUT2D eigenvalue weighted by Crippen LogP contribution is 2.28. The van der Waals surface area contributed by atoms with E-state index in [9.17, 15) is 9.59 Å². The third kappa shape index (κ3) is 6.01. The molecule has 0 aliphatic heterocycles. The standard InChI is InChI=1S/C25H22Cl2N2O5/c1-32-21-7-5-4-6-15(21)12-20(25(31)28-17-9-10-18(26)19(27)14-17)29-24(30)16-8-11-22(33-2)23(13-16)34-3/h4-14H,1-3H3,(H,28,31)(H,29,30). The number of hydrogen-bond acceptors (Lipinski definition) is 5. The van der Waals surface area contributed by atoms with E-state index < -0.39 is 11.8 Å². The molecule has 34 heavy (non-hydrogen) atoms. The largest absolute Gasteiger partial charge is 0.496 e. The van der Waals surface area contributed by atoms with Crippen molar-refractivity contribution in [2.45, 2.75) is 0 Å². The number of carbonyl (C=O) groups is 2. The van der Waals surface area contributed by atoms with E-state index in [1.807, 2.05) is 0 Å². The van der Waals surface area contributed by atoms with Crippen molar-refractivity contribution in [2.75, 3.05) is 26.6 Å². The van der Waals surface area contributed by atoms with Crippen LogP contribution in [-0.4, -0.2) is 33.1 Å². The van der Waals surface area contributed by atoms with Crippen LogP contribution in [0.5, 0.6) is 17.2 Å². The molecule has 0 aliphatic carbocycles. The van der Waals surface area contributed by atoms with Gasteiger partial charge in [-0.3, -0.25) is 9.59 Å². The summed E-state index contributed by atoms with van der Waals surface area (Å²) >= 11 is 12.0. The molecular weight excluding hydrogens is 479 g/mol. The van der Waals surface area contributed by atoms with E-state index in [-0.39, 0.29) is 16.3 Å². The van der Waals surface area contributed by atoms with Gasteiger partial charge in [-0.25, -0.2) is 0 Å². The zero-order valence-electron chi connectivity index (χ0n) is 18.6. The fourth-order valence-corrected chi connectivity index (χ4v) is 3.34. The van der Waals surface area contributed by atoms with Crippen molar-refractivity contribution in [2.24, 2.45) is 0 Å². The molecule has 0 radical (unpaired) electrons. The van der Waals surface area contributed by atoms with Gasteiger partial charge < -0.3 is 24.8 Å². The minimum absolute atomic E-state index is 0.0182. The highest BCUT2D eigenvalue weighted by Gasteiger charge is 2.18. The molecule has 176 valence electrons. The molecule has 9 heteroatoms. The van der Waals surface area contributed by atoms with E-state index in [2.05, 4.69) is 10.6 Å². The normalized spacial score (nSPS) is 10.9. The van der Waals surface area contributed by atoms with Crippen LogP contribution in [0.3, 0.4) is 0 Å². The number of halogens is 2. The summed E-state index contributed by atoms with van der Waals surface area (Å²) in [7, 11) is 4.49. The van der Waals surface area contributed by atoms with Crippen molar-refractivity contribution in [3.05, 3.63) is 87.5 Å². The Balaban J connectivity index is 1.95. The first-order valence-corrected chi connectivity index (χ1v) is 10.8. The lowest BCUT2D eigenvalue weighted by Gasteiger charge is -2.14. The molecule has 0 unspecified atom stereocenters. The second kappa shape index (κ2) is 11.4. The van der Waals surface area contributed by atoms with Gasteiger partial charge in [-0.2, -0.15) is 0 Å². The van der Waals surface area contributed by atoms with Gasteiger partial charge in [-0.05, 0) is 48.5 Å². The predicted molar refractivity (Wildman–Crippen MR) is 133 cm³/mol. The number of anilines is 1. The fraction of sp³-hybridized carbons (Fsp3) is 0.120. The van der Waals surface area contributed by atoms with E-state index in [4.69, 9.17) is 37.4 Å². The average Bonchev–Trinajstić information content (AvgIpc) is 2.85. The molecule has 3 rings (SSSR count). The molecule has 0 saturated carbocycles. The number of para-hydroxylation sites is 1. The summed E-state index contributed by atoms with van der Waals surface area (Å²) in [5.41, 5.74) is 1.25. The van der Waals surface area contributed by atoms with Crippen LogP contribution in [0.4, 0.5) is 5.69 Å². The van der Waals surface area contributed by atoms with E-state index in [1.165, 1.54) is 39.5 Å². The van der Waals surface area contributed by atoms with Crippen LogP contribution in [-0.2, 0) is 4.79 Å². The first-order chi connectivity index (χ1) is 16.4. The first kappa shape index (κ1) is 25.0. The number of benzene rings is 3. The van der Waals surface area contributed by atoms with Crippen LogP contribution >= 0.6 is 23.2 Å². The quantitative estimate of drug-likeness (QED) is 0.402. The zero-order chi connectivity index (χ0) is 24.7. The molecule has 0 aliphatic rings. The number of nitrogens with one attached hydrogen (secondary N) is 2. The van der Waals surface area contributed by atoms with Crippen molar-refractivity contribution >= 4 is 46.8 Å². The maximum Gasteiger partial charge on any atom is 0.272 e. The second-order valence-electron chi connectivity index (χ2n) is 6.91. The Hall–Kier alpha value is -3.68. The molecule has 3 aromatic carbocycles. The summed E-state index contributed by atoms with van der Waals surface area (Å²) in [5, 5.41) is 6.02. The average molecular weight is 501 g/mol. The Morgan fingerprint density at radius 3 is 2.18 bits per heavy atom. The number of methoxy groups -OCH3 is 3. The molecule has 0 saturated heterocycles. The van der Waals surface area contributed by atoms with Crippen LogP contribution < -0.4 is 24.8 Å². The van der Waals surface area contributed by atoms with E-state index in [0.29, 0.717) is 33.5 Å². The van der Waals surface area contributed by atoms with Crippen LogP contribution in [0.15, 0.2) is 66.4 Å². The molecule has 0 bridgehead atoms. The monoisotopic (exact) mass is 500 g/mol. The van der Waals surface area contributed by atoms with Gasteiger partial charge in [0.25, 0.3) is 11.8 Å². The first-order valence-electron chi connectivity index (χ1n) is 10.0. The second-order valence-corrected chi connectivity index (χ2v) is 7.72. The summed E-state index contributed by atoms with van der Waals surface area (Å²) in [6.07, 6.45) is 1.52. The van der Waals surface area contributed by atoms with Crippen molar-refractivity contribution in [3.8, 4) is 17.2 Å². The maximum absolute atomic E-state index is 13.1. The number of hydrogen-bond donors (Lipinski definition) is 2. The molecule has 0 fully saturated rings. The van der Waals surface area contributed by atoms with Crippen LogP contribution in [0, 0.1) is 0 Å². The Morgan fingerprint density at radius 2 is 1.50 bits per heavy atom. The lowest BCUT2D eigenvalue weighted by molar-refractivity contribution is -0.113. The highest BCUT2D eigenvalue weighted by molar-refractivity contribution is 6.42. The number of rotatable bonds is 8. The summed E-state index contributed by atoms with van der Waals surface area (Å²) in [6, 6.07) is 16.5. The Bertz CT molecular complexity index is 1240. The molecule has 7 nitrogen and oxygen atoms in total. The SMILES string of the molecule is COc1ccccc1C=C(NC(=O)c1ccc(OC)c(OC)c1)C(=O)Nc1ccc(Cl)c(Cl)c1. The lowest BCUT2D eigenvalue weighted by Crippen LogP contribution is -2.30. The van der Waals surface area contributed by atoms with Gasteiger partial charge in [0.1, 0.15) is 11.4 Å². The molecule has 0 aromatic heterocycles. The maximum atomic E-state index is 13.1. The molecule has 0 atom stereocenters. The molecular formula is C25H22Cl2N2O5. The highest BCUT2D eigenvalue weighted by atomic mass is 35.5. The summed E-state index contributed by atoms with van der Waals surface area (Å²) in [5.74, 6) is 0.291. The summed E-state index contributed by atoms with van der Waals surface area (Å²) < 4.78 is 15.8. The predicted octanol–water partition coefficient (Wildman–Crippen LogP) is 5.43. The molecule has 0 spiro atoms. The molecule has 2 N–H and O–H groups in total. The topological polar surface area (TPSA) is 85.9 Å². The van der Waals surface area contributed by atoms with Gasteiger partial charge >= 0.3 is 0 Å². The lowest BCUT2D eigenvalue weighted by atomic mass is 10.1. The van der Waals surface area contributed by atoms with Gasteiger partial charge in [0.05, 0.1) is 31.4 Å². The number of carbonyl (C=O) groups excluding carboxylic acids is 2.